The van der Waals surface area contributed by atoms with Crippen molar-refractivity contribution in [1.82, 2.24) is 9.97 Å². The van der Waals surface area contributed by atoms with Crippen molar-refractivity contribution in [3.8, 4) is 17.1 Å². The first-order chi connectivity index (χ1) is 11.7. The van der Waals surface area contributed by atoms with Crippen LogP contribution in [0.15, 0.2) is 48.5 Å². The molecule has 5 nitrogen and oxygen atoms in total. The van der Waals surface area contributed by atoms with E-state index in [4.69, 9.17) is 4.98 Å². The maximum Gasteiger partial charge on any atom is 0.165 e. The number of aromatic hydroxyl groups is 1. The normalized spacial score (nSPS) is 15.8. The van der Waals surface area contributed by atoms with Crippen molar-refractivity contribution >= 4 is 16.7 Å². The highest BCUT2D eigenvalue weighted by Crippen LogP contribution is 2.31. The second-order valence-electron chi connectivity index (χ2n) is 6.35. The molecule has 0 saturated carbocycles. The molecule has 1 aromatic heterocycles. The lowest BCUT2D eigenvalue weighted by molar-refractivity contribution is -0.880. The lowest BCUT2D eigenvalue weighted by Gasteiger charge is -2.31. The third kappa shape index (κ3) is 2.67. The first kappa shape index (κ1) is 14.9. The summed E-state index contributed by atoms with van der Waals surface area (Å²) < 4.78 is 0. The van der Waals surface area contributed by atoms with Gasteiger partial charge in [0.05, 0.1) is 44.3 Å². The van der Waals surface area contributed by atoms with E-state index in [9.17, 15) is 5.11 Å². The van der Waals surface area contributed by atoms with Crippen LogP contribution in [0, 0.1) is 0 Å². The number of benzene rings is 2. The van der Waals surface area contributed by atoms with Crippen LogP contribution < -0.4 is 9.80 Å². The molecule has 0 amide bonds. The van der Waals surface area contributed by atoms with E-state index in [1.54, 1.807) is 11.0 Å². The monoisotopic (exact) mass is 321 g/mol. The van der Waals surface area contributed by atoms with Crippen molar-refractivity contribution in [3.05, 3.63) is 48.5 Å². The molecule has 1 aliphatic rings. The molecule has 0 radical (unpaired) electrons. The van der Waals surface area contributed by atoms with E-state index >= 15 is 0 Å². The topological polar surface area (TPSA) is 53.7 Å². The van der Waals surface area contributed by atoms with Crippen LogP contribution in [-0.2, 0) is 0 Å². The molecule has 0 atom stereocenters. The van der Waals surface area contributed by atoms with Crippen LogP contribution in [0.3, 0.4) is 0 Å². The number of piperazine rings is 1. The van der Waals surface area contributed by atoms with Gasteiger partial charge in [0.25, 0.3) is 0 Å². The van der Waals surface area contributed by atoms with Gasteiger partial charge in [-0.05, 0) is 24.3 Å². The zero-order valence-electron chi connectivity index (χ0n) is 13.7. The number of phenols is 1. The minimum absolute atomic E-state index is 0.210. The summed E-state index contributed by atoms with van der Waals surface area (Å²) in [6, 6.07) is 15.3. The van der Waals surface area contributed by atoms with E-state index in [0.29, 0.717) is 11.4 Å². The van der Waals surface area contributed by atoms with Crippen LogP contribution in [-0.4, -0.2) is 48.3 Å². The molecule has 1 saturated heterocycles. The Morgan fingerprint density at radius 3 is 2.46 bits per heavy atom. The number of nitrogens with zero attached hydrogens (tertiary/aromatic N) is 3. The van der Waals surface area contributed by atoms with Gasteiger partial charge in [-0.1, -0.05) is 24.3 Å². The Kier molecular flexibility index (Phi) is 3.78. The van der Waals surface area contributed by atoms with Crippen molar-refractivity contribution in [2.75, 3.05) is 38.1 Å². The maximum atomic E-state index is 10.2. The van der Waals surface area contributed by atoms with Gasteiger partial charge in [0, 0.05) is 5.39 Å². The summed E-state index contributed by atoms with van der Waals surface area (Å²) in [7, 11) is 2.23. The fraction of sp³-hybridized carbons (Fsp3) is 0.263. The first-order valence-corrected chi connectivity index (χ1v) is 8.34. The second kappa shape index (κ2) is 6.09. The van der Waals surface area contributed by atoms with Crippen molar-refractivity contribution < 1.29 is 10.0 Å². The summed E-state index contributed by atoms with van der Waals surface area (Å²) in [5, 5.41) is 11.2. The number of likely N-dealkylation sites (N-methyl/N-ethyl adjacent to an activating group) is 1. The number of hydrogen-bond donors (Lipinski definition) is 2. The Bertz CT molecular complexity index is 872. The molecule has 122 valence electrons. The Balaban J connectivity index is 1.87. The molecule has 0 bridgehead atoms. The minimum Gasteiger partial charge on any atom is -0.507 e. The number of fused-ring (bicyclic) bond motifs is 1. The average Bonchev–Trinajstić information content (AvgIpc) is 2.62. The van der Waals surface area contributed by atoms with Gasteiger partial charge < -0.3 is 14.9 Å². The first-order valence-electron chi connectivity index (χ1n) is 8.34. The Labute approximate surface area is 141 Å². The van der Waals surface area contributed by atoms with Crippen molar-refractivity contribution in [2.24, 2.45) is 0 Å². The van der Waals surface area contributed by atoms with Crippen LogP contribution in [0.5, 0.6) is 5.75 Å². The lowest BCUT2D eigenvalue weighted by atomic mass is 10.1. The van der Waals surface area contributed by atoms with Gasteiger partial charge >= 0.3 is 0 Å². The van der Waals surface area contributed by atoms with E-state index in [2.05, 4.69) is 23.0 Å². The van der Waals surface area contributed by atoms with Gasteiger partial charge in [-0.15, -0.1) is 0 Å². The molecule has 1 fully saturated rings. The van der Waals surface area contributed by atoms with E-state index < -0.39 is 0 Å². The van der Waals surface area contributed by atoms with E-state index in [-0.39, 0.29) is 5.75 Å². The predicted molar refractivity (Wildman–Crippen MR) is 95.5 cm³/mol. The van der Waals surface area contributed by atoms with Crippen LogP contribution >= 0.6 is 0 Å². The van der Waals surface area contributed by atoms with Gasteiger partial charge in [-0.25, -0.2) is 9.97 Å². The van der Waals surface area contributed by atoms with Crippen molar-refractivity contribution in [3.63, 3.8) is 0 Å². The molecule has 0 spiro atoms. The number of rotatable bonds is 2. The lowest BCUT2D eigenvalue weighted by Crippen LogP contribution is -3.12. The molecule has 2 heterocycles. The third-order valence-corrected chi connectivity index (χ3v) is 4.64. The number of phenolic OH excluding ortho intramolecular Hbond substituents is 1. The van der Waals surface area contributed by atoms with E-state index in [0.717, 1.165) is 42.9 Å². The van der Waals surface area contributed by atoms with Gasteiger partial charge in [0.1, 0.15) is 11.6 Å². The maximum absolute atomic E-state index is 10.2. The van der Waals surface area contributed by atoms with Crippen molar-refractivity contribution in [2.45, 2.75) is 0 Å². The van der Waals surface area contributed by atoms with Gasteiger partial charge in [-0.3, -0.25) is 0 Å². The van der Waals surface area contributed by atoms with Crippen LogP contribution in [0.4, 0.5) is 5.82 Å². The molecular formula is C19H21N4O+. The Hall–Kier alpha value is -2.66. The molecule has 1 aliphatic heterocycles. The number of hydrogen-bond acceptors (Lipinski definition) is 4. The summed E-state index contributed by atoms with van der Waals surface area (Å²) in [6.45, 7) is 4.16. The highest BCUT2D eigenvalue weighted by Gasteiger charge is 2.21. The van der Waals surface area contributed by atoms with Gasteiger partial charge in [0.2, 0.25) is 0 Å². The number of nitrogens with one attached hydrogen (secondary N) is 1. The highest BCUT2D eigenvalue weighted by molar-refractivity contribution is 5.91. The molecule has 24 heavy (non-hydrogen) atoms. The minimum atomic E-state index is 0.210. The highest BCUT2D eigenvalue weighted by atomic mass is 16.3. The smallest absolute Gasteiger partial charge is 0.165 e. The number of para-hydroxylation sites is 2. The summed E-state index contributed by atoms with van der Waals surface area (Å²) in [5.74, 6) is 1.75. The van der Waals surface area contributed by atoms with E-state index in [1.807, 2.05) is 36.4 Å². The van der Waals surface area contributed by atoms with E-state index in [1.165, 1.54) is 0 Å². The average molecular weight is 321 g/mol. The number of aromatic nitrogens is 2. The Morgan fingerprint density at radius 2 is 1.67 bits per heavy atom. The van der Waals surface area contributed by atoms with Crippen LogP contribution in [0.25, 0.3) is 22.3 Å². The summed E-state index contributed by atoms with van der Waals surface area (Å²) in [5.41, 5.74) is 1.58. The molecule has 0 aliphatic carbocycles. The third-order valence-electron chi connectivity index (χ3n) is 4.64. The summed E-state index contributed by atoms with van der Waals surface area (Å²) in [4.78, 5) is 13.4. The molecule has 3 aromatic rings. The molecule has 2 aromatic carbocycles. The quantitative estimate of drug-likeness (QED) is 0.748. The van der Waals surface area contributed by atoms with Gasteiger partial charge in [-0.2, -0.15) is 0 Å². The largest absolute Gasteiger partial charge is 0.507 e. The van der Waals surface area contributed by atoms with Crippen LogP contribution in [0.1, 0.15) is 0 Å². The summed E-state index contributed by atoms with van der Waals surface area (Å²) >= 11 is 0. The standard InChI is InChI=1S/C19H20N4O/c1-22-10-12-23(13-11-22)19-14-6-2-4-8-16(14)20-18(21-19)15-7-3-5-9-17(15)24/h2-9,24H,10-13H2,1H3/p+1. The van der Waals surface area contributed by atoms with Gasteiger partial charge in [0.15, 0.2) is 5.82 Å². The molecule has 2 N–H and O–H groups in total. The Morgan fingerprint density at radius 1 is 0.958 bits per heavy atom. The SMILES string of the molecule is C[NH+]1CCN(c2nc(-c3ccccc3O)nc3ccccc23)CC1. The fourth-order valence-electron chi connectivity index (χ4n) is 3.18. The molecule has 5 heteroatoms. The number of anilines is 1. The molecule has 0 unspecified atom stereocenters. The zero-order chi connectivity index (χ0) is 16.5. The zero-order valence-corrected chi connectivity index (χ0v) is 13.7. The second-order valence-corrected chi connectivity index (χ2v) is 6.35. The predicted octanol–water partition coefficient (Wildman–Crippen LogP) is 1.34. The molecule has 4 rings (SSSR count). The van der Waals surface area contributed by atoms with Crippen molar-refractivity contribution in [1.29, 1.82) is 0 Å². The number of quaternary nitrogens is 1. The van der Waals surface area contributed by atoms with Crippen LogP contribution in [0.2, 0.25) is 0 Å². The summed E-state index contributed by atoms with van der Waals surface area (Å²) in [6.07, 6.45) is 0. The molecular weight excluding hydrogens is 300 g/mol. The fourth-order valence-corrected chi connectivity index (χ4v) is 3.18.